The number of carbonyl (C=O) groups is 2. The summed E-state index contributed by atoms with van der Waals surface area (Å²) >= 11 is 6.08. The van der Waals surface area contributed by atoms with Gasteiger partial charge in [-0.1, -0.05) is 37.6 Å². The van der Waals surface area contributed by atoms with Crippen LogP contribution in [-0.4, -0.2) is 55.3 Å². The third-order valence-corrected chi connectivity index (χ3v) is 5.64. The molecule has 34 heavy (non-hydrogen) atoms. The predicted molar refractivity (Wildman–Crippen MR) is 129 cm³/mol. The van der Waals surface area contributed by atoms with E-state index in [2.05, 4.69) is 15.8 Å². The van der Waals surface area contributed by atoms with Gasteiger partial charge in [-0.2, -0.15) is 5.10 Å². The molecule has 0 bridgehead atoms. The minimum absolute atomic E-state index is 0.0863. The number of hydrogen-bond acceptors (Lipinski definition) is 7. The van der Waals surface area contributed by atoms with E-state index in [9.17, 15) is 19.7 Å². The van der Waals surface area contributed by atoms with Crippen LogP contribution in [0.4, 0.5) is 11.4 Å². The lowest BCUT2D eigenvalue weighted by atomic mass is 10.0. The average Bonchev–Trinajstić information content (AvgIpc) is 2.82. The maximum Gasteiger partial charge on any atom is 0.270 e. The summed E-state index contributed by atoms with van der Waals surface area (Å²) in [7, 11) is 0. The normalized spacial score (nSPS) is 14.8. The predicted octanol–water partition coefficient (Wildman–Crippen LogP) is 2.99. The highest BCUT2D eigenvalue weighted by molar-refractivity contribution is 6.33. The van der Waals surface area contributed by atoms with Crippen molar-refractivity contribution in [2.45, 2.75) is 19.9 Å². The van der Waals surface area contributed by atoms with Crippen molar-refractivity contribution in [2.75, 3.05) is 31.2 Å². The number of rotatable bonds is 8. The van der Waals surface area contributed by atoms with Gasteiger partial charge in [-0.3, -0.25) is 19.7 Å². The van der Waals surface area contributed by atoms with E-state index in [-0.39, 0.29) is 22.2 Å². The van der Waals surface area contributed by atoms with Crippen LogP contribution in [0.3, 0.4) is 0 Å². The fraction of sp³-hybridized carbons (Fsp3) is 0.348. The Kier molecular flexibility index (Phi) is 8.55. The summed E-state index contributed by atoms with van der Waals surface area (Å²) in [5, 5.41) is 18.2. The SMILES string of the molecule is CC(C)C(NC(=O)c1ccccc1Cl)C(=O)NN=Cc1cc([N+](=O)[O-])ccc1N1CCOCC1. The number of halogens is 1. The number of nitrogens with zero attached hydrogens (tertiary/aromatic N) is 3. The van der Waals surface area contributed by atoms with Crippen LogP contribution < -0.4 is 15.6 Å². The molecule has 1 heterocycles. The molecule has 0 aliphatic carbocycles. The molecule has 3 rings (SSSR count). The zero-order valence-electron chi connectivity index (χ0n) is 18.9. The molecule has 2 N–H and O–H groups in total. The van der Waals surface area contributed by atoms with Crippen LogP contribution in [0.2, 0.25) is 5.02 Å². The molecule has 0 radical (unpaired) electrons. The van der Waals surface area contributed by atoms with Gasteiger partial charge in [-0.15, -0.1) is 0 Å². The summed E-state index contributed by atoms with van der Waals surface area (Å²) in [6.07, 6.45) is 1.36. The van der Waals surface area contributed by atoms with E-state index in [1.165, 1.54) is 18.3 Å². The standard InChI is InChI=1S/C23H26ClN5O5/c1-15(2)21(26-22(30)18-5-3-4-6-19(18)24)23(31)27-25-14-16-13-17(29(32)33)7-8-20(16)28-9-11-34-12-10-28/h3-8,13-15,21H,9-12H2,1-2H3,(H,26,30)(H,27,31). The molecule has 0 spiro atoms. The number of nitro benzene ring substituents is 1. The fourth-order valence-corrected chi connectivity index (χ4v) is 3.71. The summed E-state index contributed by atoms with van der Waals surface area (Å²) in [4.78, 5) is 38.2. The summed E-state index contributed by atoms with van der Waals surface area (Å²) < 4.78 is 5.37. The first kappa shape index (κ1) is 25.1. The number of nitro groups is 1. The van der Waals surface area contributed by atoms with Gasteiger partial charge in [0.25, 0.3) is 17.5 Å². The third kappa shape index (κ3) is 6.30. The molecule has 180 valence electrons. The van der Waals surface area contributed by atoms with Crippen molar-refractivity contribution >= 4 is 41.0 Å². The molecule has 1 saturated heterocycles. The van der Waals surface area contributed by atoms with Gasteiger partial charge >= 0.3 is 0 Å². The Bertz CT molecular complexity index is 1090. The van der Waals surface area contributed by atoms with Gasteiger partial charge in [0, 0.05) is 36.5 Å². The zero-order valence-corrected chi connectivity index (χ0v) is 19.6. The van der Waals surface area contributed by atoms with Crippen molar-refractivity contribution < 1.29 is 19.2 Å². The number of hydrogen-bond donors (Lipinski definition) is 2. The molecular formula is C23H26ClN5O5. The van der Waals surface area contributed by atoms with Crippen molar-refractivity contribution in [1.29, 1.82) is 0 Å². The van der Waals surface area contributed by atoms with Crippen molar-refractivity contribution in [3.05, 3.63) is 68.7 Å². The number of nitrogens with one attached hydrogen (secondary N) is 2. The van der Waals surface area contributed by atoms with E-state index in [0.29, 0.717) is 31.9 Å². The highest BCUT2D eigenvalue weighted by atomic mass is 35.5. The van der Waals surface area contributed by atoms with Crippen molar-refractivity contribution in [2.24, 2.45) is 11.0 Å². The van der Waals surface area contributed by atoms with Crippen LogP contribution in [0, 0.1) is 16.0 Å². The molecule has 0 saturated carbocycles. The van der Waals surface area contributed by atoms with Gasteiger partial charge in [0.05, 0.1) is 34.9 Å². The van der Waals surface area contributed by atoms with E-state index >= 15 is 0 Å². The highest BCUT2D eigenvalue weighted by Crippen LogP contribution is 2.25. The van der Waals surface area contributed by atoms with Crippen LogP contribution in [0.1, 0.15) is 29.8 Å². The number of morpholine rings is 1. The largest absolute Gasteiger partial charge is 0.378 e. The lowest BCUT2D eigenvalue weighted by Crippen LogP contribution is -2.48. The highest BCUT2D eigenvalue weighted by Gasteiger charge is 2.25. The van der Waals surface area contributed by atoms with Gasteiger partial charge in [0.2, 0.25) is 0 Å². The monoisotopic (exact) mass is 487 g/mol. The quantitative estimate of drug-likeness (QED) is 0.335. The zero-order chi connectivity index (χ0) is 24.7. The summed E-state index contributed by atoms with van der Waals surface area (Å²) in [6, 6.07) is 10.2. The van der Waals surface area contributed by atoms with Gasteiger partial charge in [-0.05, 0) is 24.1 Å². The molecule has 2 amide bonds. The summed E-state index contributed by atoms with van der Waals surface area (Å²) in [6.45, 7) is 5.94. The smallest absolute Gasteiger partial charge is 0.270 e. The van der Waals surface area contributed by atoms with E-state index in [1.54, 1.807) is 44.2 Å². The van der Waals surface area contributed by atoms with E-state index in [4.69, 9.17) is 16.3 Å². The van der Waals surface area contributed by atoms with Crippen molar-refractivity contribution in [3.63, 3.8) is 0 Å². The lowest BCUT2D eigenvalue weighted by Gasteiger charge is -2.29. The Morgan fingerprint density at radius 2 is 1.91 bits per heavy atom. The third-order valence-electron chi connectivity index (χ3n) is 5.31. The summed E-state index contributed by atoms with van der Waals surface area (Å²) in [5.74, 6) is -1.23. The van der Waals surface area contributed by atoms with Crippen LogP contribution in [-0.2, 0) is 9.53 Å². The molecule has 1 unspecified atom stereocenters. The number of non-ortho nitro benzene ring substituents is 1. The molecule has 0 aromatic heterocycles. The fourth-order valence-electron chi connectivity index (χ4n) is 3.49. The number of anilines is 1. The van der Waals surface area contributed by atoms with Crippen LogP contribution in [0.5, 0.6) is 0 Å². The Balaban J connectivity index is 1.75. The number of amides is 2. The Morgan fingerprint density at radius 1 is 1.21 bits per heavy atom. The van der Waals surface area contributed by atoms with Crippen LogP contribution in [0.25, 0.3) is 0 Å². The van der Waals surface area contributed by atoms with Gasteiger partial charge in [0.1, 0.15) is 6.04 Å². The second kappa shape index (κ2) is 11.6. The lowest BCUT2D eigenvalue weighted by molar-refractivity contribution is -0.384. The molecule has 11 heteroatoms. The minimum atomic E-state index is -0.871. The number of carbonyl (C=O) groups excluding carboxylic acids is 2. The first-order valence-electron chi connectivity index (χ1n) is 10.8. The van der Waals surface area contributed by atoms with Gasteiger partial charge in [0.15, 0.2) is 0 Å². The average molecular weight is 488 g/mol. The van der Waals surface area contributed by atoms with Gasteiger partial charge < -0.3 is 15.0 Å². The molecule has 1 aliphatic rings. The molecule has 10 nitrogen and oxygen atoms in total. The first-order valence-corrected chi connectivity index (χ1v) is 11.1. The van der Waals surface area contributed by atoms with E-state index in [0.717, 1.165) is 5.69 Å². The molecule has 2 aromatic rings. The second-order valence-corrected chi connectivity index (χ2v) is 8.42. The molecule has 1 aliphatic heterocycles. The molecule has 2 aromatic carbocycles. The van der Waals surface area contributed by atoms with Crippen molar-refractivity contribution in [3.8, 4) is 0 Å². The van der Waals surface area contributed by atoms with Crippen molar-refractivity contribution in [1.82, 2.24) is 10.7 Å². The maximum atomic E-state index is 12.8. The second-order valence-electron chi connectivity index (χ2n) is 8.01. The number of benzene rings is 2. The van der Waals surface area contributed by atoms with E-state index < -0.39 is 22.8 Å². The van der Waals surface area contributed by atoms with E-state index in [1.807, 2.05) is 4.90 Å². The Hall–Kier alpha value is -3.50. The summed E-state index contributed by atoms with van der Waals surface area (Å²) in [5.41, 5.74) is 3.84. The number of ether oxygens (including phenoxy) is 1. The topological polar surface area (TPSA) is 126 Å². The molecule has 1 atom stereocenters. The Morgan fingerprint density at radius 3 is 2.56 bits per heavy atom. The van der Waals surface area contributed by atoms with Crippen LogP contribution >= 0.6 is 11.6 Å². The molecule has 1 fully saturated rings. The molecular weight excluding hydrogens is 462 g/mol. The maximum absolute atomic E-state index is 12.8. The minimum Gasteiger partial charge on any atom is -0.378 e. The first-order chi connectivity index (χ1) is 16.3. The Labute approximate surface area is 202 Å². The van der Waals surface area contributed by atoms with Gasteiger partial charge in [-0.25, -0.2) is 5.43 Å². The van der Waals surface area contributed by atoms with Crippen LogP contribution in [0.15, 0.2) is 47.6 Å². The number of hydrazone groups is 1.